The van der Waals surface area contributed by atoms with Gasteiger partial charge in [-0.2, -0.15) is 0 Å². The van der Waals surface area contributed by atoms with Crippen LogP contribution < -0.4 is 0 Å². The first-order chi connectivity index (χ1) is 8.74. The average molecular weight is 311 g/mol. The van der Waals surface area contributed by atoms with Crippen molar-refractivity contribution >= 4 is 28.0 Å². The lowest BCUT2D eigenvalue weighted by molar-refractivity contribution is -0.132. The number of unbranched alkanes of at least 4 members (excludes halogenated alkanes) is 3. The maximum Gasteiger partial charge on any atom is 0.331 e. The Morgan fingerprint density at radius 1 is 1.11 bits per heavy atom. The Balaban J connectivity index is 2.50. The third kappa shape index (κ3) is 6.01. The maximum atomic E-state index is 11.1. The molecule has 0 atom stereocenters. The van der Waals surface area contributed by atoms with Gasteiger partial charge >= 0.3 is 5.97 Å². The predicted molar refractivity (Wildman–Crippen MR) is 78.9 cm³/mol. The number of halogens is 1. The topological polar surface area (TPSA) is 37.3 Å². The molecule has 3 heteroatoms. The van der Waals surface area contributed by atoms with E-state index in [-0.39, 0.29) is 0 Å². The Labute approximate surface area is 117 Å². The van der Waals surface area contributed by atoms with E-state index in [1.54, 1.807) is 6.08 Å². The van der Waals surface area contributed by atoms with Crippen molar-refractivity contribution in [2.45, 2.75) is 32.1 Å². The smallest absolute Gasteiger partial charge is 0.331 e. The van der Waals surface area contributed by atoms with Crippen LogP contribution in [0.4, 0.5) is 0 Å². The Morgan fingerprint density at radius 2 is 1.78 bits per heavy atom. The summed E-state index contributed by atoms with van der Waals surface area (Å²) < 4.78 is 0. The number of alkyl halides is 1. The van der Waals surface area contributed by atoms with E-state index in [0.29, 0.717) is 12.0 Å². The van der Waals surface area contributed by atoms with Gasteiger partial charge in [0.05, 0.1) is 0 Å². The van der Waals surface area contributed by atoms with Gasteiger partial charge in [-0.25, -0.2) is 4.79 Å². The van der Waals surface area contributed by atoms with Crippen molar-refractivity contribution in [1.29, 1.82) is 0 Å². The zero-order chi connectivity index (χ0) is 13.2. The lowest BCUT2D eigenvalue weighted by Crippen LogP contribution is -2.00. The highest BCUT2D eigenvalue weighted by atomic mass is 79.9. The normalized spacial score (nSPS) is 11.5. The van der Waals surface area contributed by atoms with Gasteiger partial charge in [-0.3, -0.25) is 0 Å². The van der Waals surface area contributed by atoms with Gasteiger partial charge in [0.2, 0.25) is 0 Å². The first-order valence-corrected chi connectivity index (χ1v) is 7.41. The largest absolute Gasteiger partial charge is 0.478 e. The van der Waals surface area contributed by atoms with Crippen LogP contribution in [0, 0.1) is 0 Å². The van der Waals surface area contributed by atoms with E-state index >= 15 is 0 Å². The van der Waals surface area contributed by atoms with E-state index in [0.717, 1.165) is 36.6 Å². The number of hydrogen-bond donors (Lipinski definition) is 1. The molecule has 0 unspecified atom stereocenters. The van der Waals surface area contributed by atoms with E-state index in [2.05, 4.69) is 15.9 Å². The third-order valence-electron chi connectivity index (χ3n) is 2.74. The fraction of sp³-hybridized carbons (Fsp3) is 0.400. The quantitative estimate of drug-likeness (QED) is 0.436. The molecule has 18 heavy (non-hydrogen) atoms. The van der Waals surface area contributed by atoms with Crippen LogP contribution in [0.1, 0.15) is 37.7 Å². The molecule has 98 valence electrons. The summed E-state index contributed by atoms with van der Waals surface area (Å²) in [6.07, 6.45) is 6.76. The molecule has 1 aromatic carbocycles. The van der Waals surface area contributed by atoms with E-state index in [4.69, 9.17) is 5.11 Å². The number of carbonyl (C=O) groups is 1. The minimum Gasteiger partial charge on any atom is -0.478 e. The van der Waals surface area contributed by atoms with Gasteiger partial charge < -0.3 is 5.11 Å². The Kier molecular flexibility index (Phi) is 7.42. The molecule has 1 N–H and O–H groups in total. The van der Waals surface area contributed by atoms with Crippen molar-refractivity contribution in [3.8, 4) is 0 Å². The molecule has 0 saturated carbocycles. The molecule has 1 rings (SSSR count). The van der Waals surface area contributed by atoms with E-state index in [9.17, 15) is 4.79 Å². The third-order valence-corrected chi connectivity index (χ3v) is 3.31. The zero-order valence-electron chi connectivity index (χ0n) is 10.4. The number of aliphatic carboxylic acids is 1. The average Bonchev–Trinajstić information content (AvgIpc) is 2.38. The summed E-state index contributed by atoms with van der Waals surface area (Å²) in [5.41, 5.74) is 1.45. The SMILES string of the molecule is O=C(O)C(=Cc1ccccc1)CCCCCCBr. The number of carboxylic acids is 1. The molecular formula is C15H19BrO2. The van der Waals surface area contributed by atoms with Crippen LogP contribution in [0.15, 0.2) is 35.9 Å². The molecule has 0 amide bonds. The standard InChI is InChI=1S/C15H19BrO2/c16-11-7-2-1-6-10-14(15(17)18)12-13-8-4-3-5-9-13/h3-5,8-9,12H,1-2,6-7,10-11H2,(H,17,18). The summed E-state index contributed by atoms with van der Waals surface area (Å²) >= 11 is 3.39. The minimum atomic E-state index is -0.806. The van der Waals surface area contributed by atoms with Crippen molar-refractivity contribution < 1.29 is 9.90 Å². The fourth-order valence-electron chi connectivity index (χ4n) is 1.75. The monoisotopic (exact) mass is 310 g/mol. The van der Waals surface area contributed by atoms with Crippen LogP contribution in [0.25, 0.3) is 6.08 Å². The lowest BCUT2D eigenvalue weighted by atomic mass is 10.0. The van der Waals surface area contributed by atoms with Crippen molar-refractivity contribution in [2.24, 2.45) is 0 Å². The second-order valence-electron chi connectivity index (χ2n) is 4.24. The molecule has 0 bridgehead atoms. The molecule has 1 aromatic rings. The number of rotatable bonds is 8. The van der Waals surface area contributed by atoms with Crippen molar-refractivity contribution in [1.82, 2.24) is 0 Å². The van der Waals surface area contributed by atoms with Crippen LogP contribution >= 0.6 is 15.9 Å². The van der Waals surface area contributed by atoms with E-state index < -0.39 is 5.97 Å². The first-order valence-electron chi connectivity index (χ1n) is 6.29. The van der Waals surface area contributed by atoms with E-state index in [1.165, 1.54) is 0 Å². The van der Waals surface area contributed by atoms with Crippen LogP contribution in [0.5, 0.6) is 0 Å². The summed E-state index contributed by atoms with van der Waals surface area (Å²) in [7, 11) is 0. The fourth-order valence-corrected chi connectivity index (χ4v) is 2.15. The predicted octanol–water partition coefficient (Wildman–Crippen LogP) is 4.50. The summed E-state index contributed by atoms with van der Waals surface area (Å²) in [4.78, 5) is 11.1. The summed E-state index contributed by atoms with van der Waals surface area (Å²) in [6, 6.07) is 9.61. The summed E-state index contributed by atoms with van der Waals surface area (Å²) in [5, 5.41) is 10.2. The van der Waals surface area contributed by atoms with Gasteiger partial charge in [0.1, 0.15) is 0 Å². The molecular weight excluding hydrogens is 292 g/mol. The number of hydrogen-bond acceptors (Lipinski definition) is 1. The summed E-state index contributed by atoms with van der Waals surface area (Å²) in [6.45, 7) is 0. The van der Waals surface area contributed by atoms with Gasteiger partial charge in [-0.1, -0.05) is 59.1 Å². The molecule has 0 aliphatic rings. The Hall–Kier alpha value is -1.09. The molecule has 0 saturated heterocycles. The van der Waals surface area contributed by atoms with Crippen LogP contribution in [0.3, 0.4) is 0 Å². The van der Waals surface area contributed by atoms with Gasteiger partial charge in [-0.05, 0) is 30.9 Å². The molecule has 0 aliphatic carbocycles. The molecule has 0 fully saturated rings. The van der Waals surface area contributed by atoms with Crippen molar-refractivity contribution in [3.05, 3.63) is 41.5 Å². The highest BCUT2D eigenvalue weighted by Gasteiger charge is 2.06. The molecule has 0 spiro atoms. The van der Waals surface area contributed by atoms with Gasteiger partial charge in [0.15, 0.2) is 0 Å². The molecule has 0 aromatic heterocycles. The van der Waals surface area contributed by atoms with Gasteiger partial charge in [0.25, 0.3) is 0 Å². The van der Waals surface area contributed by atoms with Gasteiger partial charge in [-0.15, -0.1) is 0 Å². The van der Waals surface area contributed by atoms with Crippen LogP contribution in [0.2, 0.25) is 0 Å². The number of carboxylic acid groups (broad SMARTS) is 1. The van der Waals surface area contributed by atoms with Crippen LogP contribution in [-0.4, -0.2) is 16.4 Å². The summed E-state index contributed by atoms with van der Waals surface area (Å²) in [5.74, 6) is -0.806. The second kappa shape index (κ2) is 8.92. The Morgan fingerprint density at radius 3 is 2.39 bits per heavy atom. The van der Waals surface area contributed by atoms with E-state index in [1.807, 2.05) is 30.3 Å². The first kappa shape index (κ1) is 15.0. The Bertz CT molecular complexity index is 385. The molecule has 0 aliphatic heterocycles. The highest BCUT2D eigenvalue weighted by molar-refractivity contribution is 9.09. The molecule has 0 radical (unpaired) electrons. The highest BCUT2D eigenvalue weighted by Crippen LogP contribution is 2.15. The minimum absolute atomic E-state index is 0.500. The van der Waals surface area contributed by atoms with Crippen LogP contribution in [-0.2, 0) is 4.79 Å². The molecule has 2 nitrogen and oxygen atoms in total. The van der Waals surface area contributed by atoms with Crippen molar-refractivity contribution in [3.63, 3.8) is 0 Å². The maximum absolute atomic E-state index is 11.1. The zero-order valence-corrected chi connectivity index (χ0v) is 12.0. The lowest BCUT2D eigenvalue weighted by Gasteiger charge is -2.03. The second-order valence-corrected chi connectivity index (χ2v) is 5.03. The van der Waals surface area contributed by atoms with Gasteiger partial charge in [0, 0.05) is 10.9 Å². The molecule has 0 heterocycles. The number of benzene rings is 1. The van der Waals surface area contributed by atoms with Crippen molar-refractivity contribution in [2.75, 3.05) is 5.33 Å².